The molecule has 2 rings (SSSR count). The minimum Gasteiger partial charge on any atom is -0.476 e. The largest absolute Gasteiger partial charge is 0.476 e. The molecule has 0 bridgehead atoms. The van der Waals surface area contributed by atoms with Crippen LogP contribution in [0, 0.1) is 6.92 Å². The van der Waals surface area contributed by atoms with Crippen LogP contribution in [-0.2, 0) is 19.5 Å². The molecule has 108 valence electrons. The van der Waals surface area contributed by atoms with Crippen molar-refractivity contribution in [3.8, 4) is 0 Å². The summed E-state index contributed by atoms with van der Waals surface area (Å²) in [5.74, 6) is -1.07. The Kier molecular flexibility index (Phi) is 4.08. The van der Waals surface area contributed by atoms with Gasteiger partial charge in [0.15, 0.2) is 5.69 Å². The number of aryl methyl sites for hydroxylation is 2. The number of nitrogens with zero attached hydrogens (tertiary/aromatic N) is 5. The van der Waals surface area contributed by atoms with E-state index in [0.717, 1.165) is 11.4 Å². The van der Waals surface area contributed by atoms with Gasteiger partial charge >= 0.3 is 5.97 Å². The monoisotopic (exact) mass is 297 g/mol. The first-order valence-electron chi connectivity index (χ1n) is 6.36. The van der Waals surface area contributed by atoms with Gasteiger partial charge in [0.2, 0.25) is 0 Å². The predicted molar refractivity (Wildman–Crippen MR) is 73.1 cm³/mol. The fraction of sp³-hybridized carbons (Fsp3) is 0.500. The van der Waals surface area contributed by atoms with E-state index >= 15 is 0 Å². The van der Waals surface area contributed by atoms with Gasteiger partial charge in [0.25, 0.3) is 0 Å². The molecule has 7 nitrogen and oxygen atoms in total. The highest BCUT2D eigenvalue weighted by molar-refractivity contribution is 6.31. The normalized spacial score (nSPS) is 11.0. The van der Waals surface area contributed by atoms with Crippen molar-refractivity contribution in [2.45, 2.75) is 40.3 Å². The third kappa shape index (κ3) is 2.40. The zero-order valence-corrected chi connectivity index (χ0v) is 12.3. The van der Waals surface area contributed by atoms with Gasteiger partial charge in [0, 0.05) is 6.54 Å². The van der Waals surface area contributed by atoms with E-state index < -0.39 is 5.97 Å². The number of carbonyl (C=O) groups is 1. The van der Waals surface area contributed by atoms with E-state index in [0.29, 0.717) is 30.2 Å². The topological polar surface area (TPSA) is 85.8 Å². The molecule has 0 atom stereocenters. The van der Waals surface area contributed by atoms with Crippen molar-refractivity contribution in [2.75, 3.05) is 0 Å². The Bertz CT molecular complexity index is 647. The molecule has 2 aromatic heterocycles. The first-order chi connectivity index (χ1) is 9.49. The third-order valence-electron chi connectivity index (χ3n) is 3.13. The predicted octanol–water partition coefficient (Wildman–Crippen LogP) is 1.77. The molecular formula is C12H16ClN5O2. The molecular weight excluding hydrogens is 282 g/mol. The number of aromatic carboxylic acids is 1. The number of rotatable bonds is 5. The highest BCUT2D eigenvalue weighted by Gasteiger charge is 2.20. The summed E-state index contributed by atoms with van der Waals surface area (Å²) in [6.45, 7) is 6.72. The van der Waals surface area contributed by atoms with Crippen LogP contribution in [0.4, 0.5) is 0 Å². The van der Waals surface area contributed by atoms with Crippen molar-refractivity contribution in [2.24, 2.45) is 0 Å². The number of halogens is 1. The lowest BCUT2D eigenvalue weighted by Gasteiger charge is -2.07. The molecule has 0 amide bonds. The smallest absolute Gasteiger partial charge is 0.358 e. The van der Waals surface area contributed by atoms with Gasteiger partial charge in [0.1, 0.15) is 0 Å². The Morgan fingerprint density at radius 3 is 2.55 bits per heavy atom. The summed E-state index contributed by atoms with van der Waals surface area (Å²) in [7, 11) is 0. The molecule has 0 aromatic carbocycles. The molecule has 0 saturated carbocycles. The van der Waals surface area contributed by atoms with Crippen LogP contribution >= 0.6 is 11.6 Å². The molecule has 8 heteroatoms. The lowest BCUT2D eigenvalue weighted by molar-refractivity contribution is 0.0689. The number of carboxylic acid groups (broad SMARTS) is 1. The van der Waals surface area contributed by atoms with Gasteiger partial charge in [0.05, 0.1) is 28.6 Å². The zero-order valence-electron chi connectivity index (χ0n) is 11.6. The standard InChI is InChI=1S/C12H16ClN5O2/c1-4-8-11(12(19)20)14-16-18(8)6-9-10(13)7(3)15-17(9)5-2/h4-6H2,1-3H3,(H,19,20). The van der Waals surface area contributed by atoms with Crippen molar-refractivity contribution < 1.29 is 9.90 Å². The van der Waals surface area contributed by atoms with Gasteiger partial charge in [-0.15, -0.1) is 5.10 Å². The van der Waals surface area contributed by atoms with E-state index in [1.54, 1.807) is 9.36 Å². The molecule has 0 spiro atoms. The maximum Gasteiger partial charge on any atom is 0.358 e. The Morgan fingerprint density at radius 1 is 1.30 bits per heavy atom. The summed E-state index contributed by atoms with van der Waals surface area (Å²) in [5, 5.41) is 21.6. The fourth-order valence-electron chi connectivity index (χ4n) is 2.14. The quantitative estimate of drug-likeness (QED) is 0.909. The van der Waals surface area contributed by atoms with Gasteiger partial charge < -0.3 is 5.11 Å². The minimum absolute atomic E-state index is 0.0112. The van der Waals surface area contributed by atoms with E-state index in [9.17, 15) is 4.79 Å². The fourth-order valence-corrected chi connectivity index (χ4v) is 2.33. The van der Waals surface area contributed by atoms with Crippen molar-refractivity contribution in [1.82, 2.24) is 24.8 Å². The molecule has 0 aliphatic rings. The Balaban J connectivity index is 2.43. The average Bonchev–Trinajstić information content (AvgIpc) is 2.94. The average molecular weight is 298 g/mol. The van der Waals surface area contributed by atoms with Crippen LogP contribution in [0.15, 0.2) is 0 Å². The van der Waals surface area contributed by atoms with Crippen molar-refractivity contribution in [1.29, 1.82) is 0 Å². The van der Waals surface area contributed by atoms with E-state index in [2.05, 4.69) is 15.4 Å². The van der Waals surface area contributed by atoms with Gasteiger partial charge in [-0.3, -0.25) is 4.68 Å². The number of carboxylic acids is 1. The summed E-state index contributed by atoms with van der Waals surface area (Å²) in [5.41, 5.74) is 2.13. The number of hydrogen-bond donors (Lipinski definition) is 1. The van der Waals surface area contributed by atoms with E-state index in [1.165, 1.54) is 0 Å². The lowest BCUT2D eigenvalue weighted by atomic mass is 10.2. The molecule has 0 saturated heterocycles. The minimum atomic E-state index is -1.07. The molecule has 2 heterocycles. The van der Waals surface area contributed by atoms with Crippen LogP contribution in [-0.4, -0.2) is 35.9 Å². The van der Waals surface area contributed by atoms with Gasteiger partial charge in [-0.05, 0) is 20.3 Å². The van der Waals surface area contributed by atoms with Crippen molar-refractivity contribution in [3.05, 3.63) is 27.8 Å². The summed E-state index contributed by atoms with van der Waals surface area (Å²) in [6, 6.07) is 0. The van der Waals surface area contributed by atoms with Crippen LogP contribution in [0.1, 0.15) is 41.4 Å². The van der Waals surface area contributed by atoms with Gasteiger partial charge in [-0.25, -0.2) is 9.48 Å². The van der Waals surface area contributed by atoms with Crippen LogP contribution in [0.3, 0.4) is 0 Å². The van der Waals surface area contributed by atoms with Gasteiger partial charge in [-0.2, -0.15) is 5.10 Å². The summed E-state index contributed by atoms with van der Waals surface area (Å²) < 4.78 is 3.36. The van der Waals surface area contributed by atoms with Crippen LogP contribution < -0.4 is 0 Å². The second-order valence-corrected chi connectivity index (χ2v) is 4.74. The van der Waals surface area contributed by atoms with E-state index in [-0.39, 0.29) is 5.69 Å². The molecule has 0 fully saturated rings. The second-order valence-electron chi connectivity index (χ2n) is 4.36. The molecule has 20 heavy (non-hydrogen) atoms. The first kappa shape index (κ1) is 14.5. The molecule has 0 aliphatic heterocycles. The van der Waals surface area contributed by atoms with Crippen LogP contribution in [0.2, 0.25) is 5.02 Å². The van der Waals surface area contributed by atoms with Crippen LogP contribution in [0.5, 0.6) is 0 Å². The zero-order chi connectivity index (χ0) is 14.9. The highest BCUT2D eigenvalue weighted by Crippen LogP contribution is 2.22. The molecule has 0 aliphatic carbocycles. The summed E-state index contributed by atoms with van der Waals surface area (Å²) in [6.07, 6.45) is 0.533. The number of hydrogen-bond acceptors (Lipinski definition) is 4. The molecule has 0 unspecified atom stereocenters. The maximum absolute atomic E-state index is 11.1. The van der Waals surface area contributed by atoms with Gasteiger partial charge in [-0.1, -0.05) is 23.7 Å². The Hall–Kier alpha value is -1.89. The number of aromatic nitrogens is 5. The SMILES string of the molecule is CCc1c(C(=O)O)nnn1Cc1c(Cl)c(C)nn1CC. The summed E-state index contributed by atoms with van der Waals surface area (Å²) >= 11 is 6.25. The lowest BCUT2D eigenvalue weighted by Crippen LogP contribution is -2.12. The maximum atomic E-state index is 11.1. The van der Waals surface area contributed by atoms with E-state index in [4.69, 9.17) is 16.7 Å². The van der Waals surface area contributed by atoms with Crippen molar-refractivity contribution in [3.63, 3.8) is 0 Å². The molecule has 1 N–H and O–H groups in total. The summed E-state index contributed by atoms with van der Waals surface area (Å²) in [4.78, 5) is 11.1. The second kappa shape index (κ2) is 5.62. The first-order valence-corrected chi connectivity index (χ1v) is 6.74. The van der Waals surface area contributed by atoms with Crippen molar-refractivity contribution >= 4 is 17.6 Å². The molecule has 2 aromatic rings. The highest BCUT2D eigenvalue weighted by atomic mass is 35.5. The Labute approximate surface area is 121 Å². The Morgan fingerprint density at radius 2 is 2.00 bits per heavy atom. The van der Waals surface area contributed by atoms with Crippen LogP contribution in [0.25, 0.3) is 0 Å². The third-order valence-corrected chi connectivity index (χ3v) is 3.62. The van der Waals surface area contributed by atoms with E-state index in [1.807, 2.05) is 20.8 Å². The molecule has 0 radical (unpaired) electrons.